The molecule has 0 bridgehead atoms. The van der Waals surface area contributed by atoms with E-state index in [9.17, 15) is 5.11 Å². The molecule has 0 heterocycles. The van der Waals surface area contributed by atoms with Crippen molar-refractivity contribution in [3.63, 3.8) is 0 Å². The van der Waals surface area contributed by atoms with Gasteiger partial charge in [0.15, 0.2) is 0 Å². The lowest BCUT2D eigenvalue weighted by Crippen LogP contribution is -2.32. The smallest absolute Gasteiger partial charge is 0.0916 e. The molecular formula is C14H19ClN2O. The van der Waals surface area contributed by atoms with E-state index in [2.05, 4.69) is 11.0 Å². The Hall–Kier alpha value is -1.08. The molecule has 4 heteroatoms. The zero-order valence-corrected chi connectivity index (χ0v) is 11.6. The van der Waals surface area contributed by atoms with Crippen molar-refractivity contribution in [2.75, 3.05) is 19.6 Å². The van der Waals surface area contributed by atoms with Gasteiger partial charge in [-0.05, 0) is 31.2 Å². The second-order valence-electron chi connectivity index (χ2n) is 4.45. The third-order valence-electron chi connectivity index (χ3n) is 2.89. The van der Waals surface area contributed by atoms with E-state index in [1.54, 1.807) is 12.1 Å². The van der Waals surface area contributed by atoms with Crippen LogP contribution in [-0.4, -0.2) is 29.6 Å². The van der Waals surface area contributed by atoms with Crippen LogP contribution < -0.4 is 0 Å². The van der Waals surface area contributed by atoms with Gasteiger partial charge in [-0.3, -0.25) is 4.90 Å². The molecule has 0 saturated carbocycles. The van der Waals surface area contributed by atoms with E-state index in [1.807, 2.05) is 26.0 Å². The zero-order valence-electron chi connectivity index (χ0n) is 10.8. The van der Waals surface area contributed by atoms with Crippen molar-refractivity contribution in [2.45, 2.75) is 20.0 Å². The minimum atomic E-state index is -0.548. The van der Waals surface area contributed by atoms with Crippen molar-refractivity contribution in [1.29, 1.82) is 5.26 Å². The SMILES string of the molecule is CCN(CC(C)C#N)CC(O)c1ccc(Cl)cc1. The molecule has 0 saturated heterocycles. The summed E-state index contributed by atoms with van der Waals surface area (Å²) in [7, 11) is 0. The fourth-order valence-corrected chi connectivity index (χ4v) is 1.92. The molecule has 0 aromatic heterocycles. The maximum absolute atomic E-state index is 10.1. The van der Waals surface area contributed by atoms with Gasteiger partial charge in [-0.2, -0.15) is 5.26 Å². The van der Waals surface area contributed by atoms with Crippen LogP contribution in [0.5, 0.6) is 0 Å². The van der Waals surface area contributed by atoms with Crippen molar-refractivity contribution in [3.8, 4) is 6.07 Å². The van der Waals surface area contributed by atoms with E-state index in [0.717, 1.165) is 12.1 Å². The quantitative estimate of drug-likeness (QED) is 0.861. The molecule has 1 N–H and O–H groups in total. The third kappa shape index (κ3) is 4.66. The molecule has 0 aliphatic carbocycles. The van der Waals surface area contributed by atoms with Crippen LogP contribution in [-0.2, 0) is 0 Å². The third-order valence-corrected chi connectivity index (χ3v) is 3.14. The normalized spacial score (nSPS) is 14.2. The van der Waals surface area contributed by atoms with Gasteiger partial charge in [0.25, 0.3) is 0 Å². The van der Waals surface area contributed by atoms with E-state index < -0.39 is 6.10 Å². The molecule has 18 heavy (non-hydrogen) atoms. The first-order chi connectivity index (χ1) is 8.56. The van der Waals surface area contributed by atoms with Crippen LogP contribution in [0.3, 0.4) is 0 Å². The number of nitrogens with zero attached hydrogens (tertiary/aromatic N) is 2. The molecule has 1 aromatic rings. The Labute approximate surface area is 114 Å². The van der Waals surface area contributed by atoms with Crippen molar-refractivity contribution in [1.82, 2.24) is 4.90 Å². The van der Waals surface area contributed by atoms with Crippen LogP contribution in [0.1, 0.15) is 25.5 Å². The highest BCUT2D eigenvalue weighted by atomic mass is 35.5. The first kappa shape index (κ1) is 15.0. The Morgan fingerprint density at radius 2 is 1.94 bits per heavy atom. The van der Waals surface area contributed by atoms with Gasteiger partial charge in [-0.15, -0.1) is 0 Å². The second-order valence-corrected chi connectivity index (χ2v) is 4.89. The summed E-state index contributed by atoms with van der Waals surface area (Å²) >= 11 is 5.81. The predicted molar refractivity (Wildman–Crippen MR) is 73.3 cm³/mol. The molecule has 0 amide bonds. The molecule has 0 aliphatic rings. The fraction of sp³-hybridized carbons (Fsp3) is 0.500. The summed E-state index contributed by atoms with van der Waals surface area (Å²) in [4.78, 5) is 2.08. The Morgan fingerprint density at radius 3 is 2.44 bits per heavy atom. The second kappa shape index (κ2) is 7.38. The van der Waals surface area contributed by atoms with Gasteiger partial charge in [0.2, 0.25) is 0 Å². The highest BCUT2D eigenvalue weighted by Gasteiger charge is 2.14. The van der Waals surface area contributed by atoms with E-state index in [0.29, 0.717) is 18.1 Å². The van der Waals surface area contributed by atoms with E-state index in [1.165, 1.54) is 0 Å². The van der Waals surface area contributed by atoms with Crippen molar-refractivity contribution in [3.05, 3.63) is 34.9 Å². The lowest BCUT2D eigenvalue weighted by Gasteiger charge is -2.24. The first-order valence-corrected chi connectivity index (χ1v) is 6.50. The standard InChI is InChI=1S/C14H19ClN2O/c1-3-17(9-11(2)8-16)10-14(18)12-4-6-13(15)7-5-12/h4-7,11,14,18H,3,9-10H2,1-2H3. The molecule has 2 atom stereocenters. The molecule has 2 unspecified atom stereocenters. The average molecular weight is 267 g/mol. The highest BCUT2D eigenvalue weighted by Crippen LogP contribution is 2.17. The molecule has 0 spiro atoms. The van der Waals surface area contributed by atoms with Crippen LogP contribution >= 0.6 is 11.6 Å². The van der Waals surface area contributed by atoms with Gasteiger partial charge in [-0.25, -0.2) is 0 Å². The molecule has 3 nitrogen and oxygen atoms in total. The summed E-state index contributed by atoms with van der Waals surface area (Å²) in [5.74, 6) is -0.0256. The fourth-order valence-electron chi connectivity index (χ4n) is 1.80. The summed E-state index contributed by atoms with van der Waals surface area (Å²) < 4.78 is 0. The van der Waals surface area contributed by atoms with E-state index in [-0.39, 0.29) is 5.92 Å². The monoisotopic (exact) mass is 266 g/mol. The summed E-state index contributed by atoms with van der Waals surface area (Å²) in [6.07, 6.45) is -0.548. The molecule has 0 radical (unpaired) electrons. The number of benzene rings is 1. The Bertz CT molecular complexity index is 399. The lowest BCUT2D eigenvalue weighted by molar-refractivity contribution is 0.112. The van der Waals surface area contributed by atoms with E-state index >= 15 is 0 Å². The van der Waals surface area contributed by atoms with Crippen molar-refractivity contribution < 1.29 is 5.11 Å². The number of likely N-dealkylation sites (N-methyl/N-ethyl adjacent to an activating group) is 1. The Balaban J connectivity index is 2.59. The largest absolute Gasteiger partial charge is 0.387 e. The number of aliphatic hydroxyl groups excluding tert-OH is 1. The van der Waals surface area contributed by atoms with E-state index in [4.69, 9.17) is 16.9 Å². The van der Waals surface area contributed by atoms with Gasteiger partial charge in [-0.1, -0.05) is 30.7 Å². The summed E-state index contributed by atoms with van der Waals surface area (Å²) in [5.41, 5.74) is 0.850. The maximum atomic E-state index is 10.1. The Morgan fingerprint density at radius 1 is 1.33 bits per heavy atom. The van der Waals surface area contributed by atoms with Gasteiger partial charge in [0.05, 0.1) is 18.1 Å². The lowest BCUT2D eigenvalue weighted by atomic mass is 10.1. The zero-order chi connectivity index (χ0) is 13.5. The number of hydrogen-bond acceptors (Lipinski definition) is 3. The number of nitriles is 1. The molecule has 0 fully saturated rings. The maximum Gasteiger partial charge on any atom is 0.0916 e. The van der Waals surface area contributed by atoms with Gasteiger partial charge in [0.1, 0.15) is 0 Å². The molecule has 98 valence electrons. The van der Waals surface area contributed by atoms with Crippen LogP contribution in [0.2, 0.25) is 5.02 Å². The average Bonchev–Trinajstić information content (AvgIpc) is 2.38. The minimum Gasteiger partial charge on any atom is -0.387 e. The molecule has 1 rings (SSSR count). The molecule has 0 aliphatic heterocycles. The molecule has 1 aromatic carbocycles. The predicted octanol–water partition coefficient (Wildman–Crippen LogP) is 2.85. The van der Waals surface area contributed by atoms with Crippen LogP contribution in [0.15, 0.2) is 24.3 Å². The first-order valence-electron chi connectivity index (χ1n) is 6.12. The number of hydrogen-bond donors (Lipinski definition) is 1. The highest BCUT2D eigenvalue weighted by molar-refractivity contribution is 6.30. The summed E-state index contributed by atoms with van der Waals surface area (Å²) in [5, 5.41) is 19.6. The van der Waals surface area contributed by atoms with Crippen LogP contribution in [0.25, 0.3) is 0 Å². The number of rotatable bonds is 6. The van der Waals surface area contributed by atoms with Crippen molar-refractivity contribution in [2.24, 2.45) is 5.92 Å². The van der Waals surface area contributed by atoms with Crippen LogP contribution in [0.4, 0.5) is 0 Å². The number of halogens is 1. The van der Waals surface area contributed by atoms with Crippen molar-refractivity contribution >= 4 is 11.6 Å². The Kier molecular flexibility index (Phi) is 6.14. The van der Waals surface area contributed by atoms with Gasteiger partial charge >= 0.3 is 0 Å². The van der Waals surface area contributed by atoms with Gasteiger partial charge < -0.3 is 5.11 Å². The van der Waals surface area contributed by atoms with Crippen LogP contribution in [0, 0.1) is 17.2 Å². The van der Waals surface area contributed by atoms with Gasteiger partial charge in [0, 0.05) is 18.1 Å². The topological polar surface area (TPSA) is 47.3 Å². The minimum absolute atomic E-state index is 0.0256. The summed E-state index contributed by atoms with van der Waals surface area (Å²) in [6, 6.07) is 9.41. The number of aliphatic hydroxyl groups is 1. The summed E-state index contributed by atoms with van der Waals surface area (Å²) in [6.45, 7) is 5.94. The molecular weight excluding hydrogens is 248 g/mol.